The Labute approximate surface area is 216 Å². The zero-order valence-electron chi connectivity index (χ0n) is 21.2. The maximum absolute atomic E-state index is 15.1. The van der Waals surface area contributed by atoms with Crippen LogP contribution >= 0.6 is 0 Å². The first-order valence-electron chi connectivity index (χ1n) is 12.8. The summed E-state index contributed by atoms with van der Waals surface area (Å²) in [7, 11) is 0. The van der Waals surface area contributed by atoms with E-state index in [4.69, 9.17) is 14.2 Å². The van der Waals surface area contributed by atoms with Crippen molar-refractivity contribution in [2.24, 2.45) is 0 Å². The van der Waals surface area contributed by atoms with Crippen molar-refractivity contribution in [1.29, 1.82) is 0 Å². The third-order valence-corrected chi connectivity index (χ3v) is 6.78. The number of rotatable bonds is 11. The largest absolute Gasteiger partial charge is 0.493 e. The topological polar surface area (TPSA) is 27.7 Å². The van der Waals surface area contributed by atoms with Crippen LogP contribution in [0.15, 0.2) is 67.3 Å². The van der Waals surface area contributed by atoms with Crippen molar-refractivity contribution in [3.63, 3.8) is 0 Å². The summed E-state index contributed by atoms with van der Waals surface area (Å²) in [6.45, 7) is 6.83. The van der Waals surface area contributed by atoms with Gasteiger partial charge in [0.25, 0.3) is 0 Å². The second-order valence-electron chi connectivity index (χ2n) is 9.26. The lowest BCUT2D eigenvalue weighted by Crippen LogP contribution is -2.21. The number of benzene rings is 3. The Morgan fingerprint density at radius 2 is 1.65 bits per heavy atom. The lowest BCUT2D eigenvalue weighted by molar-refractivity contribution is 0.0325. The van der Waals surface area contributed by atoms with Gasteiger partial charge in [0.1, 0.15) is 12.4 Å². The molecule has 0 aliphatic heterocycles. The minimum atomic E-state index is -0.828. The Hall–Kier alpha value is -3.25. The van der Waals surface area contributed by atoms with E-state index in [0.717, 1.165) is 31.2 Å². The lowest BCUT2D eigenvalue weighted by Gasteiger charge is -2.29. The molecule has 0 radical (unpaired) electrons. The third-order valence-electron chi connectivity index (χ3n) is 6.78. The average Bonchev–Trinajstić information content (AvgIpc) is 2.91. The highest BCUT2D eigenvalue weighted by Gasteiger charge is 2.26. The number of hydrogen-bond acceptors (Lipinski definition) is 3. The molecule has 0 unspecified atom stereocenters. The van der Waals surface area contributed by atoms with E-state index in [-0.39, 0.29) is 29.9 Å². The molecule has 0 N–H and O–H groups in total. The van der Waals surface area contributed by atoms with E-state index in [1.54, 1.807) is 48.5 Å². The van der Waals surface area contributed by atoms with Crippen molar-refractivity contribution < 1.29 is 27.4 Å². The molecule has 37 heavy (non-hydrogen) atoms. The van der Waals surface area contributed by atoms with E-state index < -0.39 is 17.5 Å². The zero-order valence-corrected chi connectivity index (χ0v) is 21.2. The second kappa shape index (κ2) is 12.8. The van der Waals surface area contributed by atoms with Gasteiger partial charge in [-0.3, -0.25) is 0 Å². The number of hydrogen-bond donors (Lipinski definition) is 0. The van der Waals surface area contributed by atoms with Gasteiger partial charge in [-0.25, -0.2) is 13.2 Å². The first-order chi connectivity index (χ1) is 18.0. The first-order valence-corrected chi connectivity index (χ1v) is 12.8. The van der Waals surface area contributed by atoms with E-state index in [0.29, 0.717) is 36.5 Å². The third kappa shape index (κ3) is 6.75. The van der Waals surface area contributed by atoms with Gasteiger partial charge < -0.3 is 14.2 Å². The Kier molecular flexibility index (Phi) is 9.29. The van der Waals surface area contributed by atoms with Crippen LogP contribution in [0.3, 0.4) is 0 Å². The molecule has 0 saturated heterocycles. The Bertz CT molecular complexity index is 1190. The van der Waals surface area contributed by atoms with Gasteiger partial charge in [0.2, 0.25) is 0 Å². The molecule has 6 heteroatoms. The summed E-state index contributed by atoms with van der Waals surface area (Å²) in [6, 6.07) is 14.8. The fraction of sp³-hybridized carbons (Fsp3) is 0.355. The molecule has 1 saturated carbocycles. The molecular formula is C31H33F3O3. The summed E-state index contributed by atoms with van der Waals surface area (Å²) in [6.07, 6.45) is 5.93. The predicted octanol–water partition coefficient (Wildman–Crippen LogP) is 8.37. The summed E-state index contributed by atoms with van der Waals surface area (Å²) in [5.41, 5.74) is 2.01. The normalized spacial score (nSPS) is 17.4. The minimum Gasteiger partial charge on any atom is -0.493 e. The predicted molar refractivity (Wildman–Crippen MR) is 139 cm³/mol. The van der Waals surface area contributed by atoms with Crippen LogP contribution in [0.25, 0.3) is 11.1 Å². The molecule has 1 fully saturated rings. The van der Waals surface area contributed by atoms with Crippen LogP contribution in [0, 0.1) is 17.5 Å². The lowest BCUT2D eigenvalue weighted by atomic mass is 9.82. The molecule has 0 bridgehead atoms. The van der Waals surface area contributed by atoms with E-state index in [1.807, 2.05) is 6.92 Å². The Balaban J connectivity index is 1.38. The van der Waals surface area contributed by atoms with E-state index in [2.05, 4.69) is 6.58 Å². The minimum absolute atomic E-state index is 0.00736. The smallest absolute Gasteiger partial charge is 0.168 e. The highest BCUT2D eigenvalue weighted by atomic mass is 19.2. The van der Waals surface area contributed by atoms with Gasteiger partial charge in [-0.1, -0.05) is 42.5 Å². The molecule has 0 amide bonds. The van der Waals surface area contributed by atoms with Crippen molar-refractivity contribution in [2.45, 2.75) is 57.7 Å². The van der Waals surface area contributed by atoms with Gasteiger partial charge in [-0.05, 0) is 73.8 Å². The van der Waals surface area contributed by atoms with Crippen LogP contribution in [0.4, 0.5) is 13.2 Å². The van der Waals surface area contributed by atoms with Gasteiger partial charge in [-0.2, -0.15) is 0 Å². The zero-order chi connectivity index (χ0) is 26.2. The van der Waals surface area contributed by atoms with E-state index >= 15 is 8.78 Å². The molecule has 3 nitrogen and oxygen atoms in total. The van der Waals surface area contributed by atoms with Crippen LogP contribution in [0.2, 0.25) is 0 Å². The highest BCUT2D eigenvalue weighted by Crippen LogP contribution is 2.38. The summed E-state index contributed by atoms with van der Waals surface area (Å²) in [4.78, 5) is 0. The number of ether oxygens (including phenoxy) is 3. The van der Waals surface area contributed by atoms with Gasteiger partial charge in [0.05, 0.1) is 12.7 Å². The van der Waals surface area contributed by atoms with Gasteiger partial charge >= 0.3 is 0 Å². The van der Waals surface area contributed by atoms with Crippen LogP contribution in [-0.2, 0) is 11.3 Å². The van der Waals surface area contributed by atoms with Crippen LogP contribution in [0.5, 0.6) is 11.5 Å². The monoisotopic (exact) mass is 510 g/mol. The summed E-state index contributed by atoms with van der Waals surface area (Å²) < 4.78 is 61.2. The molecule has 0 heterocycles. The van der Waals surface area contributed by atoms with Crippen LogP contribution in [-0.4, -0.2) is 19.3 Å². The van der Waals surface area contributed by atoms with E-state index in [1.165, 1.54) is 12.1 Å². The molecule has 196 valence electrons. The van der Waals surface area contributed by atoms with Crippen molar-refractivity contribution in [3.8, 4) is 22.6 Å². The van der Waals surface area contributed by atoms with Gasteiger partial charge in [0, 0.05) is 18.2 Å². The van der Waals surface area contributed by atoms with Gasteiger partial charge in [-0.15, -0.1) is 6.58 Å². The van der Waals surface area contributed by atoms with Gasteiger partial charge in [0.15, 0.2) is 23.2 Å². The molecule has 3 aromatic rings. The molecule has 4 rings (SSSR count). The highest BCUT2D eigenvalue weighted by molar-refractivity contribution is 5.65. The molecule has 1 aliphatic carbocycles. The maximum Gasteiger partial charge on any atom is 0.168 e. The Morgan fingerprint density at radius 1 is 0.892 bits per heavy atom. The van der Waals surface area contributed by atoms with Crippen molar-refractivity contribution in [1.82, 2.24) is 0 Å². The Morgan fingerprint density at radius 3 is 2.32 bits per heavy atom. The fourth-order valence-electron chi connectivity index (χ4n) is 4.77. The number of halogens is 3. The van der Waals surface area contributed by atoms with Crippen molar-refractivity contribution >= 4 is 0 Å². The average molecular weight is 511 g/mol. The molecule has 0 atom stereocenters. The SMILES string of the molecule is C=CCCOc1ccc(OCc2ccc(-c3ccc(C4CCC(OCC)CC4)c(F)c3F)cc2)c(F)c1. The molecule has 3 aromatic carbocycles. The molecule has 1 aliphatic rings. The first kappa shape index (κ1) is 26.8. The van der Waals surface area contributed by atoms with Crippen molar-refractivity contribution in [2.75, 3.05) is 13.2 Å². The molecule has 0 spiro atoms. The standard InChI is InChI=1S/C31H33F3O3/c1-3-5-18-36-25-14-17-29(28(32)19-25)37-20-21-6-8-22(9-7-21)26-15-16-27(31(34)30(26)33)23-10-12-24(13-11-23)35-4-2/h3,6-9,14-17,19,23-24H,1,4-5,10-13,18,20H2,2H3. The summed E-state index contributed by atoms with van der Waals surface area (Å²) in [5, 5.41) is 0. The molecule has 0 aromatic heterocycles. The fourth-order valence-corrected chi connectivity index (χ4v) is 4.77. The van der Waals surface area contributed by atoms with Crippen LogP contribution < -0.4 is 9.47 Å². The maximum atomic E-state index is 15.1. The quantitative estimate of drug-likeness (QED) is 0.192. The second-order valence-corrected chi connectivity index (χ2v) is 9.26. The van der Waals surface area contributed by atoms with Crippen LogP contribution in [0.1, 0.15) is 56.1 Å². The summed E-state index contributed by atoms with van der Waals surface area (Å²) in [5.74, 6) is -1.57. The molecular weight excluding hydrogens is 477 g/mol. The van der Waals surface area contributed by atoms with E-state index in [9.17, 15) is 4.39 Å². The summed E-state index contributed by atoms with van der Waals surface area (Å²) >= 11 is 0. The van der Waals surface area contributed by atoms with Crippen molar-refractivity contribution in [3.05, 3.63) is 95.8 Å².